The number of hydrogen-bond acceptors (Lipinski definition) is 4. The Hall–Kier alpha value is -1.39. The van der Waals surface area contributed by atoms with Crippen LogP contribution in [-0.2, 0) is 9.47 Å². The molecular formula is C12H14O4. The minimum absolute atomic E-state index is 0.106. The highest BCUT2D eigenvalue weighted by molar-refractivity contribution is 5.89. The van der Waals surface area contributed by atoms with Gasteiger partial charge in [-0.15, -0.1) is 0 Å². The smallest absolute Gasteiger partial charge is 0.338 e. The molecule has 0 aromatic heterocycles. The van der Waals surface area contributed by atoms with E-state index in [1.807, 2.05) is 6.07 Å². The van der Waals surface area contributed by atoms with Gasteiger partial charge in [-0.3, -0.25) is 0 Å². The summed E-state index contributed by atoms with van der Waals surface area (Å²) in [5, 5.41) is 9.46. The third kappa shape index (κ3) is 2.59. The summed E-state index contributed by atoms with van der Waals surface area (Å²) in [4.78, 5) is 11.5. The Morgan fingerprint density at radius 1 is 1.44 bits per heavy atom. The van der Waals surface area contributed by atoms with Crippen LogP contribution in [0.25, 0.3) is 0 Å². The fourth-order valence-corrected chi connectivity index (χ4v) is 1.61. The summed E-state index contributed by atoms with van der Waals surface area (Å²) in [5.41, 5.74) is 0.509. The first-order valence-electron chi connectivity index (χ1n) is 5.29. The molecule has 1 N–H and O–H groups in total. The summed E-state index contributed by atoms with van der Waals surface area (Å²) in [6.07, 6.45) is -0.302. The summed E-state index contributed by atoms with van der Waals surface area (Å²) < 4.78 is 10.3. The molecule has 2 atom stereocenters. The Balaban J connectivity index is 1.84. The molecule has 16 heavy (non-hydrogen) atoms. The van der Waals surface area contributed by atoms with E-state index in [0.29, 0.717) is 18.6 Å². The zero-order valence-corrected chi connectivity index (χ0v) is 8.83. The Labute approximate surface area is 93.8 Å². The molecule has 1 saturated heterocycles. The maximum Gasteiger partial charge on any atom is 0.338 e. The number of esters is 1. The Morgan fingerprint density at radius 3 is 2.81 bits per heavy atom. The van der Waals surface area contributed by atoms with Crippen molar-refractivity contribution in [1.82, 2.24) is 0 Å². The van der Waals surface area contributed by atoms with Crippen LogP contribution in [0.15, 0.2) is 30.3 Å². The van der Waals surface area contributed by atoms with Crippen molar-refractivity contribution in [2.75, 3.05) is 13.2 Å². The van der Waals surface area contributed by atoms with Gasteiger partial charge < -0.3 is 14.6 Å². The van der Waals surface area contributed by atoms with Crippen LogP contribution in [0.4, 0.5) is 0 Å². The van der Waals surface area contributed by atoms with Crippen LogP contribution in [0.2, 0.25) is 0 Å². The lowest BCUT2D eigenvalue weighted by molar-refractivity contribution is -0.0143. The van der Waals surface area contributed by atoms with Crippen molar-refractivity contribution in [3.63, 3.8) is 0 Å². The maximum atomic E-state index is 11.5. The highest BCUT2D eigenvalue weighted by Gasteiger charge is 2.27. The first-order chi connectivity index (χ1) is 7.77. The highest BCUT2D eigenvalue weighted by Crippen LogP contribution is 2.14. The number of aliphatic hydroxyl groups excluding tert-OH is 1. The highest BCUT2D eigenvalue weighted by atomic mass is 16.6. The van der Waals surface area contributed by atoms with Crippen molar-refractivity contribution in [1.29, 1.82) is 0 Å². The lowest BCUT2D eigenvalue weighted by Crippen LogP contribution is -2.27. The number of ether oxygens (including phenoxy) is 2. The summed E-state index contributed by atoms with van der Waals surface area (Å²) in [6, 6.07) is 8.76. The predicted molar refractivity (Wildman–Crippen MR) is 57.1 cm³/mol. The third-order valence-electron chi connectivity index (χ3n) is 2.56. The topological polar surface area (TPSA) is 55.8 Å². The van der Waals surface area contributed by atoms with Crippen molar-refractivity contribution >= 4 is 5.97 Å². The van der Waals surface area contributed by atoms with E-state index in [4.69, 9.17) is 9.47 Å². The van der Waals surface area contributed by atoms with Crippen molar-refractivity contribution in [2.45, 2.75) is 18.6 Å². The van der Waals surface area contributed by atoms with Gasteiger partial charge in [-0.05, 0) is 18.6 Å². The molecular weight excluding hydrogens is 208 g/mol. The fraction of sp³-hybridized carbons (Fsp3) is 0.417. The largest absolute Gasteiger partial charge is 0.459 e. The normalized spacial score (nSPS) is 24.3. The molecule has 0 amide bonds. The first kappa shape index (κ1) is 11.1. The lowest BCUT2D eigenvalue weighted by Gasteiger charge is -2.13. The molecule has 1 fully saturated rings. The predicted octanol–water partition coefficient (Wildman–Crippen LogP) is 0.993. The molecule has 1 aliphatic heterocycles. The average Bonchev–Trinajstić information content (AvgIpc) is 2.73. The summed E-state index contributed by atoms with van der Waals surface area (Å²) >= 11 is 0. The molecule has 0 radical (unpaired) electrons. The summed E-state index contributed by atoms with van der Waals surface area (Å²) in [5.74, 6) is -0.386. The van der Waals surface area contributed by atoms with Gasteiger partial charge in [0.1, 0.15) is 12.7 Å². The maximum absolute atomic E-state index is 11.5. The second kappa shape index (κ2) is 5.09. The number of carbonyl (C=O) groups is 1. The van der Waals surface area contributed by atoms with Gasteiger partial charge in [-0.2, -0.15) is 0 Å². The van der Waals surface area contributed by atoms with Gasteiger partial charge in [-0.25, -0.2) is 4.79 Å². The minimum atomic E-state index is -0.524. The molecule has 86 valence electrons. The number of aliphatic hydroxyl groups is 1. The van der Waals surface area contributed by atoms with Crippen LogP contribution in [0, 0.1) is 0 Å². The van der Waals surface area contributed by atoms with Gasteiger partial charge in [0.25, 0.3) is 0 Å². The zero-order valence-electron chi connectivity index (χ0n) is 8.83. The van der Waals surface area contributed by atoms with E-state index in [0.717, 1.165) is 0 Å². The van der Waals surface area contributed by atoms with Crippen molar-refractivity contribution in [3.05, 3.63) is 35.9 Å². The minimum Gasteiger partial charge on any atom is -0.459 e. The second-order valence-electron chi connectivity index (χ2n) is 3.73. The van der Waals surface area contributed by atoms with Crippen molar-refractivity contribution < 1.29 is 19.4 Å². The molecule has 4 nitrogen and oxygen atoms in total. The molecule has 0 spiro atoms. The average molecular weight is 222 g/mol. The number of hydrogen-bond donors (Lipinski definition) is 1. The van der Waals surface area contributed by atoms with E-state index < -0.39 is 6.10 Å². The molecule has 0 saturated carbocycles. The van der Waals surface area contributed by atoms with Crippen LogP contribution >= 0.6 is 0 Å². The number of benzene rings is 1. The van der Waals surface area contributed by atoms with E-state index in [2.05, 4.69) is 0 Å². The Morgan fingerprint density at radius 2 is 2.19 bits per heavy atom. The van der Waals surface area contributed by atoms with Crippen LogP contribution < -0.4 is 0 Å². The van der Waals surface area contributed by atoms with Crippen LogP contribution in [0.1, 0.15) is 16.8 Å². The van der Waals surface area contributed by atoms with E-state index in [-0.39, 0.29) is 18.7 Å². The zero-order chi connectivity index (χ0) is 11.4. The molecule has 1 aliphatic rings. The van der Waals surface area contributed by atoms with Crippen LogP contribution in [0.3, 0.4) is 0 Å². The molecule has 1 aromatic rings. The first-order valence-corrected chi connectivity index (χ1v) is 5.29. The molecule has 0 aliphatic carbocycles. The SMILES string of the molecule is O=C(OCC1OCCC1O)c1ccccc1. The van der Waals surface area contributed by atoms with E-state index >= 15 is 0 Å². The summed E-state index contributed by atoms with van der Waals surface area (Å²) in [6.45, 7) is 0.629. The van der Waals surface area contributed by atoms with Gasteiger partial charge in [0.05, 0.1) is 11.7 Å². The fourth-order valence-electron chi connectivity index (χ4n) is 1.61. The van der Waals surface area contributed by atoms with Crippen molar-refractivity contribution in [2.24, 2.45) is 0 Å². The van der Waals surface area contributed by atoms with Gasteiger partial charge >= 0.3 is 5.97 Å². The molecule has 2 unspecified atom stereocenters. The monoisotopic (exact) mass is 222 g/mol. The quantitative estimate of drug-likeness (QED) is 0.775. The van der Waals surface area contributed by atoms with Gasteiger partial charge in [0.2, 0.25) is 0 Å². The number of rotatable bonds is 3. The van der Waals surface area contributed by atoms with E-state index in [1.54, 1.807) is 24.3 Å². The lowest BCUT2D eigenvalue weighted by atomic mass is 10.2. The Kier molecular flexibility index (Phi) is 3.54. The van der Waals surface area contributed by atoms with Crippen molar-refractivity contribution in [3.8, 4) is 0 Å². The Bertz CT molecular complexity index is 349. The van der Waals surface area contributed by atoms with Gasteiger partial charge in [0, 0.05) is 6.61 Å². The molecule has 2 rings (SSSR count). The third-order valence-corrected chi connectivity index (χ3v) is 2.56. The molecule has 4 heteroatoms. The molecule has 1 heterocycles. The van der Waals surface area contributed by atoms with Crippen LogP contribution in [0.5, 0.6) is 0 Å². The summed E-state index contributed by atoms with van der Waals surface area (Å²) in [7, 11) is 0. The van der Waals surface area contributed by atoms with E-state index in [1.165, 1.54) is 0 Å². The van der Waals surface area contributed by atoms with Gasteiger partial charge in [-0.1, -0.05) is 18.2 Å². The molecule has 0 bridgehead atoms. The standard InChI is InChI=1S/C12H14O4/c13-10-6-7-15-11(10)8-16-12(14)9-4-2-1-3-5-9/h1-5,10-11,13H,6-8H2. The number of carbonyl (C=O) groups excluding carboxylic acids is 1. The van der Waals surface area contributed by atoms with Crippen LogP contribution in [-0.4, -0.2) is 36.5 Å². The van der Waals surface area contributed by atoms with E-state index in [9.17, 15) is 9.90 Å². The molecule has 1 aromatic carbocycles. The second-order valence-corrected chi connectivity index (χ2v) is 3.73. The van der Waals surface area contributed by atoms with Gasteiger partial charge in [0.15, 0.2) is 0 Å².